The number of amides is 1. The largest absolute Gasteiger partial charge is 0.329 e. The van der Waals surface area contributed by atoms with Crippen LogP contribution in [0.15, 0.2) is 60.9 Å². The number of halogens is 2. The zero-order valence-electron chi connectivity index (χ0n) is 14.3. The lowest BCUT2D eigenvalue weighted by Crippen LogP contribution is -2.27. The fourth-order valence-electron chi connectivity index (χ4n) is 2.59. The third-order valence-electron chi connectivity index (χ3n) is 4.01. The summed E-state index contributed by atoms with van der Waals surface area (Å²) in [6.07, 6.45) is 4.31. The highest BCUT2D eigenvalue weighted by Crippen LogP contribution is 2.22. The van der Waals surface area contributed by atoms with Crippen molar-refractivity contribution in [1.29, 1.82) is 0 Å². The molecule has 0 aliphatic carbocycles. The van der Waals surface area contributed by atoms with E-state index in [0.717, 1.165) is 23.0 Å². The zero-order valence-corrected chi connectivity index (χ0v) is 15.9. The van der Waals surface area contributed by atoms with Crippen LogP contribution in [0, 0.1) is 0 Å². The summed E-state index contributed by atoms with van der Waals surface area (Å²) >= 11 is 0. The number of benzene rings is 2. The molecule has 1 amide bonds. The highest BCUT2D eigenvalue weighted by molar-refractivity contribution is 5.96. The number of aldehydes is 1. The summed E-state index contributed by atoms with van der Waals surface area (Å²) in [7, 11) is 0. The minimum Gasteiger partial charge on any atom is -0.329 e. The molecule has 8 heteroatoms. The SMILES string of the molecule is Cl.Cl.NCC(C(=O)Nc1ccc(-c2cn[nH]c2)cc1)c1ccc(C=O)cc1. The van der Waals surface area contributed by atoms with Gasteiger partial charge < -0.3 is 11.1 Å². The molecule has 1 atom stereocenters. The number of nitrogens with one attached hydrogen (secondary N) is 2. The van der Waals surface area contributed by atoms with Crippen LogP contribution in [0.25, 0.3) is 11.1 Å². The van der Waals surface area contributed by atoms with Crippen molar-refractivity contribution in [3.05, 3.63) is 72.1 Å². The Kier molecular flexibility index (Phi) is 8.68. The molecule has 0 radical (unpaired) electrons. The normalized spacial score (nSPS) is 10.9. The summed E-state index contributed by atoms with van der Waals surface area (Å²) < 4.78 is 0. The molecule has 0 saturated carbocycles. The summed E-state index contributed by atoms with van der Waals surface area (Å²) in [5.41, 5.74) is 9.80. The Morgan fingerprint density at radius 3 is 2.26 bits per heavy atom. The third-order valence-corrected chi connectivity index (χ3v) is 4.01. The molecule has 3 rings (SSSR count). The van der Waals surface area contributed by atoms with E-state index in [9.17, 15) is 9.59 Å². The number of hydrogen-bond donors (Lipinski definition) is 3. The highest BCUT2D eigenvalue weighted by Gasteiger charge is 2.19. The van der Waals surface area contributed by atoms with Gasteiger partial charge in [0.05, 0.1) is 12.1 Å². The summed E-state index contributed by atoms with van der Waals surface area (Å²) in [5, 5.41) is 9.57. The van der Waals surface area contributed by atoms with Crippen LogP contribution in [0.5, 0.6) is 0 Å². The monoisotopic (exact) mass is 406 g/mol. The van der Waals surface area contributed by atoms with E-state index in [-0.39, 0.29) is 37.3 Å². The molecule has 1 heterocycles. The first-order chi connectivity index (χ1) is 12.2. The van der Waals surface area contributed by atoms with Crippen molar-refractivity contribution in [1.82, 2.24) is 10.2 Å². The maximum atomic E-state index is 12.5. The molecular weight excluding hydrogens is 387 g/mol. The molecule has 4 N–H and O–H groups in total. The predicted molar refractivity (Wildman–Crippen MR) is 111 cm³/mol. The third kappa shape index (κ3) is 5.40. The molecule has 6 nitrogen and oxygen atoms in total. The number of aromatic nitrogens is 2. The van der Waals surface area contributed by atoms with Gasteiger partial charge in [-0.3, -0.25) is 14.7 Å². The first kappa shape index (κ1) is 22.4. The van der Waals surface area contributed by atoms with E-state index < -0.39 is 5.92 Å². The quantitative estimate of drug-likeness (QED) is 0.545. The number of H-pyrrole nitrogens is 1. The Hall–Kier alpha value is -2.67. The van der Waals surface area contributed by atoms with E-state index in [2.05, 4.69) is 15.5 Å². The molecule has 27 heavy (non-hydrogen) atoms. The van der Waals surface area contributed by atoms with Crippen LogP contribution in [0.3, 0.4) is 0 Å². The fourth-order valence-corrected chi connectivity index (χ4v) is 2.59. The van der Waals surface area contributed by atoms with Crippen molar-refractivity contribution < 1.29 is 9.59 Å². The standard InChI is InChI=1S/C19H18N4O2.2ClH/c20-9-18(15-3-1-13(12-24)2-4-15)19(25)23-17-7-5-14(6-8-17)16-10-21-22-11-16;;/h1-8,10-12,18H,9,20H2,(H,21,22)(H,23,25);2*1H. The van der Waals surface area contributed by atoms with Crippen LogP contribution < -0.4 is 11.1 Å². The summed E-state index contributed by atoms with van der Waals surface area (Å²) in [5.74, 6) is -0.660. The summed E-state index contributed by atoms with van der Waals surface area (Å²) in [6.45, 7) is 0.180. The first-order valence-electron chi connectivity index (χ1n) is 7.86. The van der Waals surface area contributed by atoms with Gasteiger partial charge in [-0.15, -0.1) is 24.8 Å². The number of carbonyl (C=O) groups excluding carboxylic acids is 2. The average Bonchev–Trinajstić information content (AvgIpc) is 3.18. The van der Waals surface area contributed by atoms with Crippen molar-refractivity contribution in [3.8, 4) is 11.1 Å². The smallest absolute Gasteiger partial charge is 0.233 e. The molecule has 0 aliphatic heterocycles. The van der Waals surface area contributed by atoms with E-state index in [0.29, 0.717) is 11.3 Å². The average molecular weight is 407 g/mol. The maximum absolute atomic E-state index is 12.5. The van der Waals surface area contributed by atoms with Gasteiger partial charge >= 0.3 is 0 Å². The number of hydrogen-bond acceptors (Lipinski definition) is 4. The molecule has 0 bridgehead atoms. The van der Waals surface area contributed by atoms with Crippen molar-refractivity contribution >= 4 is 42.7 Å². The number of carbonyl (C=O) groups is 2. The van der Waals surface area contributed by atoms with Gasteiger partial charge in [0.25, 0.3) is 0 Å². The second-order valence-electron chi connectivity index (χ2n) is 5.63. The van der Waals surface area contributed by atoms with Gasteiger partial charge in [-0.25, -0.2) is 0 Å². The predicted octanol–water partition coefficient (Wildman–Crippen LogP) is 3.41. The van der Waals surface area contributed by atoms with Gasteiger partial charge in [0, 0.05) is 29.6 Å². The molecule has 3 aromatic rings. The Morgan fingerprint density at radius 2 is 1.74 bits per heavy atom. The van der Waals surface area contributed by atoms with E-state index in [4.69, 9.17) is 5.73 Å². The number of nitrogens with zero attached hydrogens (tertiary/aromatic N) is 1. The van der Waals surface area contributed by atoms with Crippen molar-refractivity contribution in [2.75, 3.05) is 11.9 Å². The Morgan fingerprint density at radius 1 is 1.07 bits per heavy atom. The number of aromatic amines is 1. The first-order valence-corrected chi connectivity index (χ1v) is 7.86. The van der Waals surface area contributed by atoms with Crippen LogP contribution in [-0.4, -0.2) is 28.9 Å². The van der Waals surface area contributed by atoms with Crippen molar-refractivity contribution in [2.24, 2.45) is 5.73 Å². The van der Waals surface area contributed by atoms with E-state index in [1.807, 2.05) is 24.3 Å². The van der Waals surface area contributed by atoms with Gasteiger partial charge in [0.1, 0.15) is 6.29 Å². The number of nitrogens with two attached hydrogens (primary N) is 1. The molecular formula is C19H20Cl2N4O2. The summed E-state index contributed by atoms with van der Waals surface area (Å²) in [6, 6.07) is 14.4. The van der Waals surface area contributed by atoms with Crippen LogP contribution >= 0.6 is 24.8 Å². The van der Waals surface area contributed by atoms with Crippen LogP contribution in [0.4, 0.5) is 5.69 Å². The van der Waals surface area contributed by atoms with Crippen LogP contribution in [-0.2, 0) is 4.79 Å². The molecule has 2 aromatic carbocycles. The summed E-state index contributed by atoms with van der Waals surface area (Å²) in [4.78, 5) is 23.3. The highest BCUT2D eigenvalue weighted by atomic mass is 35.5. The lowest BCUT2D eigenvalue weighted by Gasteiger charge is -2.15. The second-order valence-corrected chi connectivity index (χ2v) is 5.63. The Labute approximate surface area is 169 Å². The molecule has 1 unspecified atom stereocenters. The van der Waals surface area contributed by atoms with Gasteiger partial charge in [0.15, 0.2) is 0 Å². The van der Waals surface area contributed by atoms with Gasteiger partial charge in [0.2, 0.25) is 5.91 Å². The maximum Gasteiger partial charge on any atom is 0.233 e. The minimum atomic E-state index is -0.478. The van der Waals surface area contributed by atoms with E-state index in [1.165, 1.54) is 0 Å². The van der Waals surface area contributed by atoms with Gasteiger partial charge in [-0.05, 0) is 23.3 Å². The molecule has 1 aromatic heterocycles. The van der Waals surface area contributed by atoms with Crippen molar-refractivity contribution in [2.45, 2.75) is 5.92 Å². The second kappa shape index (κ2) is 10.5. The topological polar surface area (TPSA) is 101 Å². The Balaban J connectivity index is 0.00000182. The molecule has 142 valence electrons. The lowest BCUT2D eigenvalue weighted by molar-refractivity contribution is -0.117. The fraction of sp³-hybridized carbons (Fsp3) is 0.105. The zero-order chi connectivity index (χ0) is 17.6. The van der Waals surface area contributed by atoms with Gasteiger partial charge in [-0.1, -0.05) is 36.4 Å². The van der Waals surface area contributed by atoms with Crippen LogP contribution in [0.2, 0.25) is 0 Å². The minimum absolute atomic E-state index is 0. The van der Waals surface area contributed by atoms with Crippen molar-refractivity contribution in [3.63, 3.8) is 0 Å². The molecule has 0 saturated heterocycles. The molecule has 0 spiro atoms. The lowest BCUT2D eigenvalue weighted by atomic mass is 9.97. The van der Waals surface area contributed by atoms with E-state index in [1.54, 1.807) is 36.7 Å². The molecule has 0 fully saturated rings. The molecule has 0 aliphatic rings. The number of rotatable bonds is 6. The number of anilines is 1. The van der Waals surface area contributed by atoms with Gasteiger partial charge in [-0.2, -0.15) is 5.10 Å². The van der Waals surface area contributed by atoms with E-state index >= 15 is 0 Å². The van der Waals surface area contributed by atoms with Crippen LogP contribution in [0.1, 0.15) is 21.8 Å². The Bertz CT molecular complexity index is 850.